The van der Waals surface area contributed by atoms with Crippen LogP contribution in [0.5, 0.6) is 5.75 Å². The van der Waals surface area contributed by atoms with E-state index in [1.54, 1.807) is 7.11 Å². The van der Waals surface area contributed by atoms with E-state index in [-0.39, 0.29) is 0 Å². The number of nitrogens with one attached hydrogen (secondary N) is 2. The molecule has 0 aromatic carbocycles. The van der Waals surface area contributed by atoms with E-state index in [0.29, 0.717) is 24.5 Å². The Labute approximate surface area is 158 Å². The number of aliphatic imine (C=N–C) groups is 1. The Kier molecular flexibility index (Phi) is 7.26. The highest BCUT2D eigenvalue weighted by molar-refractivity contribution is 5.80. The van der Waals surface area contributed by atoms with Crippen molar-refractivity contribution in [3.63, 3.8) is 0 Å². The Bertz CT molecular complexity index is 629. The molecule has 2 unspecified atom stereocenters. The number of ether oxygens (including phenoxy) is 1. The SMILES string of the molecule is CCNC(=NCc1ncc(C)c(OC)c1C)NC1CN(C(C)C)CC1C. The van der Waals surface area contributed by atoms with Gasteiger partial charge in [0.15, 0.2) is 5.96 Å². The molecular weight excluding hydrogens is 326 g/mol. The molecule has 0 radical (unpaired) electrons. The van der Waals surface area contributed by atoms with E-state index in [1.165, 1.54) is 0 Å². The number of aromatic nitrogens is 1. The fourth-order valence-corrected chi connectivity index (χ4v) is 3.49. The number of hydrogen-bond donors (Lipinski definition) is 2. The Morgan fingerprint density at radius 3 is 2.69 bits per heavy atom. The average molecular weight is 362 g/mol. The highest BCUT2D eigenvalue weighted by Crippen LogP contribution is 2.24. The molecule has 26 heavy (non-hydrogen) atoms. The lowest BCUT2D eigenvalue weighted by Gasteiger charge is -2.22. The van der Waals surface area contributed by atoms with E-state index in [4.69, 9.17) is 9.73 Å². The zero-order chi connectivity index (χ0) is 19.3. The van der Waals surface area contributed by atoms with Crippen molar-refractivity contribution < 1.29 is 4.74 Å². The number of pyridine rings is 1. The van der Waals surface area contributed by atoms with Crippen molar-refractivity contribution in [3.8, 4) is 5.75 Å². The lowest BCUT2D eigenvalue weighted by atomic mass is 10.1. The molecule has 2 atom stereocenters. The number of methoxy groups -OCH3 is 1. The molecule has 146 valence electrons. The molecule has 1 aliphatic heterocycles. The summed E-state index contributed by atoms with van der Waals surface area (Å²) in [4.78, 5) is 11.8. The summed E-state index contributed by atoms with van der Waals surface area (Å²) < 4.78 is 5.50. The van der Waals surface area contributed by atoms with Gasteiger partial charge < -0.3 is 15.4 Å². The monoisotopic (exact) mass is 361 g/mol. The predicted molar refractivity (Wildman–Crippen MR) is 108 cm³/mol. The maximum Gasteiger partial charge on any atom is 0.191 e. The number of likely N-dealkylation sites (tertiary alicyclic amines) is 1. The molecule has 1 aliphatic rings. The van der Waals surface area contributed by atoms with Crippen LogP contribution in [0.1, 0.15) is 44.5 Å². The molecule has 1 fully saturated rings. The van der Waals surface area contributed by atoms with Gasteiger partial charge in [0, 0.05) is 49.0 Å². The standard InChI is InChI=1S/C20H35N5O/c1-8-21-20(24-18-12-25(13(2)3)11-15(18)5)23-10-17-16(6)19(26-7)14(4)9-22-17/h9,13,15,18H,8,10-12H2,1-7H3,(H2,21,23,24). The maximum absolute atomic E-state index is 5.50. The van der Waals surface area contributed by atoms with E-state index < -0.39 is 0 Å². The minimum absolute atomic E-state index is 0.414. The molecule has 1 aromatic rings. The van der Waals surface area contributed by atoms with Gasteiger partial charge in [-0.1, -0.05) is 6.92 Å². The van der Waals surface area contributed by atoms with Gasteiger partial charge in [-0.2, -0.15) is 0 Å². The van der Waals surface area contributed by atoms with Gasteiger partial charge in [0.1, 0.15) is 5.75 Å². The smallest absolute Gasteiger partial charge is 0.191 e. The largest absolute Gasteiger partial charge is 0.496 e. The molecule has 0 amide bonds. The molecule has 2 heterocycles. The summed E-state index contributed by atoms with van der Waals surface area (Å²) in [7, 11) is 1.70. The van der Waals surface area contributed by atoms with Crippen LogP contribution in [0.15, 0.2) is 11.2 Å². The van der Waals surface area contributed by atoms with E-state index in [1.807, 2.05) is 20.0 Å². The Balaban J connectivity index is 2.10. The third-order valence-electron chi connectivity index (χ3n) is 5.17. The summed E-state index contributed by atoms with van der Waals surface area (Å²) in [6.45, 7) is 16.5. The van der Waals surface area contributed by atoms with Crippen molar-refractivity contribution >= 4 is 5.96 Å². The maximum atomic E-state index is 5.50. The lowest BCUT2D eigenvalue weighted by Crippen LogP contribution is -2.46. The summed E-state index contributed by atoms with van der Waals surface area (Å²) in [6, 6.07) is 0.993. The Morgan fingerprint density at radius 1 is 1.38 bits per heavy atom. The van der Waals surface area contributed by atoms with Gasteiger partial charge in [0.05, 0.1) is 19.3 Å². The van der Waals surface area contributed by atoms with Crippen molar-refractivity contribution in [2.24, 2.45) is 10.9 Å². The first-order valence-corrected chi connectivity index (χ1v) is 9.65. The number of nitrogens with zero attached hydrogens (tertiary/aromatic N) is 3. The molecule has 0 saturated carbocycles. The summed E-state index contributed by atoms with van der Waals surface area (Å²) in [6.07, 6.45) is 1.86. The third kappa shape index (κ3) is 4.87. The first-order valence-electron chi connectivity index (χ1n) is 9.65. The van der Waals surface area contributed by atoms with Gasteiger partial charge in [0.25, 0.3) is 0 Å². The van der Waals surface area contributed by atoms with Crippen molar-refractivity contribution in [1.82, 2.24) is 20.5 Å². The number of rotatable bonds is 6. The summed E-state index contributed by atoms with van der Waals surface area (Å²) >= 11 is 0. The second kappa shape index (κ2) is 9.21. The van der Waals surface area contributed by atoms with Crippen LogP contribution in [0.2, 0.25) is 0 Å². The van der Waals surface area contributed by atoms with Crippen LogP contribution >= 0.6 is 0 Å². The first-order chi connectivity index (χ1) is 12.4. The van der Waals surface area contributed by atoms with Gasteiger partial charge >= 0.3 is 0 Å². The minimum atomic E-state index is 0.414. The zero-order valence-electron chi connectivity index (χ0n) is 17.4. The molecule has 2 rings (SSSR count). The highest BCUT2D eigenvalue weighted by atomic mass is 16.5. The molecule has 0 bridgehead atoms. The molecule has 6 heteroatoms. The quantitative estimate of drug-likeness (QED) is 0.602. The van der Waals surface area contributed by atoms with Gasteiger partial charge in [-0.05, 0) is 40.5 Å². The van der Waals surface area contributed by atoms with Crippen LogP contribution in [-0.4, -0.2) is 54.7 Å². The summed E-state index contributed by atoms with van der Waals surface area (Å²) in [5.41, 5.74) is 3.07. The van der Waals surface area contributed by atoms with E-state index in [2.05, 4.69) is 48.2 Å². The molecule has 2 N–H and O–H groups in total. The number of guanidine groups is 1. The van der Waals surface area contributed by atoms with E-state index >= 15 is 0 Å². The van der Waals surface area contributed by atoms with Crippen molar-refractivity contribution in [2.75, 3.05) is 26.7 Å². The summed E-state index contributed by atoms with van der Waals surface area (Å²) in [5, 5.41) is 6.98. The number of hydrogen-bond acceptors (Lipinski definition) is 4. The first kappa shape index (κ1) is 20.5. The number of aryl methyl sites for hydroxylation is 1. The fourth-order valence-electron chi connectivity index (χ4n) is 3.49. The predicted octanol–water partition coefficient (Wildman–Crippen LogP) is 2.49. The van der Waals surface area contributed by atoms with E-state index in [9.17, 15) is 0 Å². The molecule has 6 nitrogen and oxygen atoms in total. The van der Waals surface area contributed by atoms with Crippen molar-refractivity contribution in [2.45, 2.75) is 60.2 Å². The van der Waals surface area contributed by atoms with Crippen LogP contribution < -0.4 is 15.4 Å². The molecule has 0 spiro atoms. The highest BCUT2D eigenvalue weighted by Gasteiger charge is 2.31. The fraction of sp³-hybridized carbons (Fsp3) is 0.700. The van der Waals surface area contributed by atoms with Crippen LogP contribution in [0.4, 0.5) is 0 Å². The summed E-state index contributed by atoms with van der Waals surface area (Å²) in [5.74, 6) is 2.36. The van der Waals surface area contributed by atoms with Gasteiger partial charge in [-0.25, -0.2) is 4.99 Å². The molecular formula is C20H35N5O. The Morgan fingerprint density at radius 2 is 2.12 bits per heavy atom. The van der Waals surface area contributed by atoms with Gasteiger partial charge in [-0.15, -0.1) is 0 Å². The van der Waals surface area contributed by atoms with E-state index in [0.717, 1.165) is 48.2 Å². The van der Waals surface area contributed by atoms with Crippen molar-refractivity contribution in [3.05, 3.63) is 23.0 Å². The molecule has 0 aliphatic carbocycles. The second-order valence-corrected chi connectivity index (χ2v) is 7.52. The average Bonchev–Trinajstić information content (AvgIpc) is 2.96. The van der Waals surface area contributed by atoms with Crippen molar-refractivity contribution in [1.29, 1.82) is 0 Å². The van der Waals surface area contributed by atoms with Crippen LogP contribution in [0, 0.1) is 19.8 Å². The Hall–Kier alpha value is -1.82. The van der Waals surface area contributed by atoms with Gasteiger partial charge in [-0.3, -0.25) is 9.88 Å². The normalized spacial score (nSPS) is 21.3. The van der Waals surface area contributed by atoms with Crippen LogP contribution in [-0.2, 0) is 6.54 Å². The third-order valence-corrected chi connectivity index (χ3v) is 5.17. The second-order valence-electron chi connectivity index (χ2n) is 7.52. The lowest BCUT2D eigenvalue weighted by molar-refractivity contribution is 0.265. The molecule has 1 saturated heterocycles. The molecule has 1 aromatic heterocycles. The van der Waals surface area contributed by atoms with Gasteiger partial charge in [0.2, 0.25) is 0 Å². The topological polar surface area (TPSA) is 61.8 Å². The van der Waals surface area contributed by atoms with Crippen LogP contribution in [0.25, 0.3) is 0 Å². The van der Waals surface area contributed by atoms with Crippen LogP contribution in [0.3, 0.4) is 0 Å². The zero-order valence-corrected chi connectivity index (χ0v) is 17.4. The minimum Gasteiger partial charge on any atom is -0.496 e.